The molecule has 2 aromatic carbocycles. The summed E-state index contributed by atoms with van der Waals surface area (Å²) < 4.78 is 13.1. The van der Waals surface area contributed by atoms with Crippen LogP contribution in [0.15, 0.2) is 65.7 Å². The molecule has 0 saturated heterocycles. The van der Waals surface area contributed by atoms with Gasteiger partial charge in [0.25, 0.3) is 5.69 Å². The lowest BCUT2D eigenvalue weighted by Gasteiger charge is -2.02. The fraction of sp³-hybridized carbons (Fsp3) is 0.0952. The number of aromatic nitrogens is 3. The van der Waals surface area contributed by atoms with Crippen LogP contribution in [0.25, 0.3) is 21.1 Å². The monoisotopic (exact) mass is 438 g/mol. The van der Waals surface area contributed by atoms with E-state index in [2.05, 4.69) is 15.2 Å². The van der Waals surface area contributed by atoms with E-state index in [-0.39, 0.29) is 11.5 Å². The number of aryl methyl sites for hydroxylation is 1. The molecule has 9 heteroatoms. The van der Waals surface area contributed by atoms with Gasteiger partial charge in [-0.05, 0) is 48.9 Å². The molecule has 0 unspecified atom stereocenters. The first-order chi connectivity index (χ1) is 14.5. The third-order valence-corrected chi connectivity index (χ3v) is 6.51. The van der Waals surface area contributed by atoms with Gasteiger partial charge in [-0.2, -0.15) is 0 Å². The maximum Gasteiger partial charge on any atom is 0.269 e. The van der Waals surface area contributed by atoms with Crippen LogP contribution in [0.5, 0.6) is 0 Å². The largest absolute Gasteiger partial charge is 0.269 e. The number of hydrogen-bond donors (Lipinski definition) is 0. The highest BCUT2D eigenvalue weighted by molar-refractivity contribution is 7.98. The summed E-state index contributed by atoms with van der Waals surface area (Å²) in [7, 11) is 0. The average molecular weight is 439 g/mol. The molecule has 150 valence electrons. The topological polar surface area (TPSA) is 81.8 Å². The zero-order valence-electron chi connectivity index (χ0n) is 15.8. The SMILES string of the molecule is Cc1nc(-c2ccc(F)cc2)sc1-c1ccc(SCc2ccc([N+](=O)[O-])cc2)nn1. The van der Waals surface area contributed by atoms with E-state index in [1.165, 1.54) is 47.4 Å². The van der Waals surface area contributed by atoms with Gasteiger partial charge < -0.3 is 0 Å². The Balaban J connectivity index is 1.45. The van der Waals surface area contributed by atoms with E-state index >= 15 is 0 Å². The number of nitrogens with zero attached hydrogens (tertiary/aromatic N) is 4. The molecule has 4 aromatic rings. The molecule has 0 bridgehead atoms. The summed E-state index contributed by atoms with van der Waals surface area (Å²) in [5.74, 6) is 0.361. The Bertz CT molecular complexity index is 1180. The highest BCUT2D eigenvalue weighted by Crippen LogP contribution is 2.34. The zero-order valence-corrected chi connectivity index (χ0v) is 17.4. The number of benzene rings is 2. The molecular formula is C21H15FN4O2S2. The fourth-order valence-corrected chi connectivity index (χ4v) is 4.55. The molecule has 0 atom stereocenters. The zero-order chi connectivity index (χ0) is 21.1. The Labute approximate surface area is 180 Å². The second-order valence-corrected chi connectivity index (χ2v) is 8.40. The normalized spacial score (nSPS) is 10.9. The number of hydrogen-bond acceptors (Lipinski definition) is 7. The van der Waals surface area contributed by atoms with Gasteiger partial charge in [-0.15, -0.1) is 21.5 Å². The van der Waals surface area contributed by atoms with Crippen LogP contribution in [0.2, 0.25) is 0 Å². The summed E-state index contributed by atoms with van der Waals surface area (Å²) in [6, 6.07) is 16.5. The Morgan fingerprint density at radius 2 is 1.77 bits per heavy atom. The molecule has 2 heterocycles. The first-order valence-electron chi connectivity index (χ1n) is 8.93. The minimum atomic E-state index is -0.413. The summed E-state index contributed by atoms with van der Waals surface area (Å²) in [6.07, 6.45) is 0. The van der Waals surface area contributed by atoms with Crippen LogP contribution in [0.4, 0.5) is 10.1 Å². The van der Waals surface area contributed by atoms with Crippen LogP contribution in [0.1, 0.15) is 11.3 Å². The second-order valence-electron chi connectivity index (χ2n) is 6.41. The van der Waals surface area contributed by atoms with E-state index in [1.54, 1.807) is 24.3 Å². The molecular weight excluding hydrogens is 423 g/mol. The minimum absolute atomic E-state index is 0.0767. The minimum Gasteiger partial charge on any atom is -0.258 e. The predicted octanol–water partition coefficient (Wildman–Crippen LogP) is 5.92. The van der Waals surface area contributed by atoms with Gasteiger partial charge in [0.1, 0.15) is 21.5 Å². The van der Waals surface area contributed by atoms with Gasteiger partial charge in [0.15, 0.2) is 0 Å². The molecule has 4 rings (SSSR count). The second kappa shape index (κ2) is 8.68. The van der Waals surface area contributed by atoms with Crippen molar-refractivity contribution in [1.82, 2.24) is 15.2 Å². The van der Waals surface area contributed by atoms with Crippen LogP contribution in [0.3, 0.4) is 0 Å². The molecule has 0 N–H and O–H groups in total. The number of halogens is 1. The molecule has 0 spiro atoms. The van der Waals surface area contributed by atoms with Crippen molar-refractivity contribution in [2.24, 2.45) is 0 Å². The van der Waals surface area contributed by atoms with Gasteiger partial charge in [0.2, 0.25) is 0 Å². The molecule has 0 radical (unpaired) electrons. The number of thiazole rings is 1. The molecule has 6 nitrogen and oxygen atoms in total. The smallest absolute Gasteiger partial charge is 0.258 e. The third kappa shape index (κ3) is 4.52. The summed E-state index contributed by atoms with van der Waals surface area (Å²) >= 11 is 3.00. The fourth-order valence-electron chi connectivity index (χ4n) is 2.74. The molecule has 2 aromatic heterocycles. The van der Waals surface area contributed by atoms with E-state index in [0.29, 0.717) is 5.75 Å². The lowest BCUT2D eigenvalue weighted by Crippen LogP contribution is -1.91. The van der Waals surface area contributed by atoms with Crippen molar-refractivity contribution >= 4 is 28.8 Å². The molecule has 0 aliphatic carbocycles. The number of nitro groups is 1. The van der Waals surface area contributed by atoms with Crippen molar-refractivity contribution in [3.05, 3.63) is 87.9 Å². The molecule has 0 saturated carbocycles. The maximum atomic E-state index is 13.1. The van der Waals surface area contributed by atoms with Crippen molar-refractivity contribution in [3.63, 3.8) is 0 Å². The van der Waals surface area contributed by atoms with E-state index < -0.39 is 4.92 Å². The summed E-state index contributed by atoms with van der Waals surface area (Å²) in [6.45, 7) is 1.91. The van der Waals surface area contributed by atoms with Crippen LogP contribution < -0.4 is 0 Å². The van der Waals surface area contributed by atoms with Gasteiger partial charge in [0, 0.05) is 23.4 Å². The van der Waals surface area contributed by atoms with Crippen molar-refractivity contribution in [1.29, 1.82) is 0 Å². The van der Waals surface area contributed by atoms with Crippen molar-refractivity contribution in [2.75, 3.05) is 0 Å². The summed E-state index contributed by atoms with van der Waals surface area (Å²) in [4.78, 5) is 15.8. The van der Waals surface area contributed by atoms with Gasteiger partial charge in [0.05, 0.1) is 15.5 Å². The first-order valence-corrected chi connectivity index (χ1v) is 10.7. The number of non-ortho nitro benzene ring substituents is 1. The lowest BCUT2D eigenvalue weighted by molar-refractivity contribution is -0.384. The van der Waals surface area contributed by atoms with Crippen LogP contribution in [0, 0.1) is 22.9 Å². The van der Waals surface area contributed by atoms with Gasteiger partial charge >= 0.3 is 0 Å². The van der Waals surface area contributed by atoms with Crippen molar-refractivity contribution < 1.29 is 9.31 Å². The van der Waals surface area contributed by atoms with Crippen LogP contribution in [-0.2, 0) is 5.75 Å². The number of nitro benzene ring substituents is 1. The van der Waals surface area contributed by atoms with Gasteiger partial charge in [-0.3, -0.25) is 10.1 Å². The predicted molar refractivity (Wildman–Crippen MR) is 116 cm³/mol. The third-order valence-electron chi connectivity index (χ3n) is 4.29. The molecule has 0 aliphatic heterocycles. The molecule has 0 fully saturated rings. The highest BCUT2D eigenvalue weighted by Gasteiger charge is 2.13. The number of rotatable bonds is 6. The van der Waals surface area contributed by atoms with Crippen LogP contribution >= 0.6 is 23.1 Å². The summed E-state index contributed by atoms with van der Waals surface area (Å²) in [5, 5.41) is 20.9. The van der Waals surface area contributed by atoms with Gasteiger partial charge in [-0.25, -0.2) is 9.37 Å². The van der Waals surface area contributed by atoms with Crippen molar-refractivity contribution in [2.45, 2.75) is 17.7 Å². The number of thioether (sulfide) groups is 1. The average Bonchev–Trinajstić information content (AvgIpc) is 3.15. The van der Waals surface area contributed by atoms with E-state index in [1.807, 2.05) is 19.1 Å². The van der Waals surface area contributed by atoms with Crippen molar-refractivity contribution in [3.8, 4) is 21.1 Å². The maximum absolute atomic E-state index is 13.1. The van der Waals surface area contributed by atoms with E-state index in [9.17, 15) is 14.5 Å². The molecule has 30 heavy (non-hydrogen) atoms. The molecule has 0 amide bonds. The van der Waals surface area contributed by atoms with Crippen LogP contribution in [-0.4, -0.2) is 20.1 Å². The lowest BCUT2D eigenvalue weighted by atomic mass is 10.2. The highest BCUT2D eigenvalue weighted by atomic mass is 32.2. The summed E-state index contributed by atoms with van der Waals surface area (Å²) in [5.41, 5.74) is 3.49. The van der Waals surface area contributed by atoms with Gasteiger partial charge in [-0.1, -0.05) is 23.9 Å². The Kier molecular flexibility index (Phi) is 5.82. The molecule has 0 aliphatic rings. The van der Waals surface area contributed by atoms with E-state index in [0.717, 1.165) is 37.4 Å². The standard InChI is InChI=1S/C21H15FN4O2S2/c1-13-20(30-21(23-13)15-4-6-16(22)7-5-15)18-10-11-19(25-24-18)29-12-14-2-8-17(9-3-14)26(27)28/h2-11H,12H2,1H3. The quantitative estimate of drug-likeness (QED) is 0.211. The Hall–Kier alpha value is -3.17. The first kappa shape index (κ1) is 20.1. The Morgan fingerprint density at radius 1 is 1.03 bits per heavy atom. The Morgan fingerprint density at radius 3 is 2.40 bits per heavy atom. The van der Waals surface area contributed by atoms with E-state index in [4.69, 9.17) is 0 Å².